The van der Waals surface area contributed by atoms with Gasteiger partial charge < -0.3 is 10.1 Å². The fourth-order valence-corrected chi connectivity index (χ4v) is 3.08. The van der Waals surface area contributed by atoms with Gasteiger partial charge in [-0.25, -0.2) is 10.2 Å². The van der Waals surface area contributed by atoms with Gasteiger partial charge in [-0.1, -0.05) is 48.5 Å². The average molecular weight is 412 g/mol. The number of nitrogens with one attached hydrogen (secondary N) is 3. The molecule has 7 nitrogen and oxygen atoms in total. The number of carbonyl (C=O) groups is 2. The first kappa shape index (κ1) is 19.9. The van der Waals surface area contributed by atoms with Crippen molar-refractivity contribution in [2.75, 3.05) is 5.32 Å². The minimum atomic E-state index is -0.554. The van der Waals surface area contributed by atoms with Crippen LogP contribution in [0.4, 0.5) is 10.5 Å². The van der Waals surface area contributed by atoms with Crippen LogP contribution in [0.2, 0.25) is 0 Å². The highest BCUT2D eigenvalue weighted by atomic mass is 16.5. The fraction of sp³-hybridized carbons (Fsp3) is 0.0417. The van der Waals surface area contributed by atoms with Crippen molar-refractivity contribution in [3.8, 4) is 5.75 Å². The number of para-hydroxylation sites is 3. The van der Waals surface area contributed by atoms with Crippen molar-refractivity contribution in [2.24, 2.45) is 0 Å². The van der Waals surface area contributed by atoms with Crippen LogP contribution < -0.4 is 20.9 Å². The Hall–Kier alpha value is -4.39. The Labute approximate surface area is 179 Å². The number of rotatable bonds is 5. The molecule has 0 radical (unpaired) electrons. The summed E-state index contributed by atoms with van der Waals surface area (Å²) in [5, 5.41) is 3.62. The van der Waals surface area contributed by atoms with Gasteiger partial charge in [-0.3, -0.25) is 15.2 Å². The van der Waals surface area contributed by atoms with Crippen LogP contribution in [-0.4, -0.2) is 16.9 Å². The van der Waals surface area contributed by atoms with Gasteiger partial charge in [0.25, 0.3) is 5.91 Å². The normalized spacial score (nSPS) is 10.3. The molecule has 4 rings (SSSR count). The Kier molecular flexibility index (Phi) is 6.04. The molecule has 0 unspecified atom stereocenters. The quantitative estimate of drug-likeness (QED) is 0.427. The van der Waals surface area contributed by atoms with Gasteiger partial charge in [0.2, 0.25) is 0 Å². The van der Waals surface area contributed by atoms with Crippen molar-refractivity contribution >= 4 is 28.5 Å². The van der Waals surface area contributed by atoms with Crippen LogP contribution in [0.5, 0.6) is 5.75 Å². The highest BCUT2D eigenvalue weighted by molar-refractivity contribution is 5.99. The number of carbonyl (C=O) groups excluding carboxylic acids is 2. The smallest absolute Gasteiger partial charge is 0.337 e. The van der Waals surface area contributed by atoms with Crippen LogP contribution in [0.1, 0.15) is 15.9 Å². The molecule has 1 heterocycles. The van der Waals surface area contributed by atoms with Crippen LogP contribution in [0.25, 0.3) is 10.9 Å². The molecule has 0 saturated carbocycles. The van der Waals surface area contributed by atoms with Crippen molar-refractivity contribution in [3.63, 3.8) is 0 Å². The number of anilines is 1. The number of aromatic nitrogens is 1. The lowest BCUT2D eigenvalue weighted by atomic mass is 10.1. The largest absolute Gasteiger partial charge is 0.488 e. The van der Waals surface area contributed by atoms with Crippen molar-refractivity contribution in [1.29, 1.82) is 0 Å². The fourth-order valence-electron chi connectivity index (χ4n) is 3.08. The number of hydrazine groups is 1. The van der Waals surface area contributed by atoms with Gasteiger partial charge in [-0.2, -0.15) is 0 Å². The summed E-state index contributed by atoms with van der Waals surface area (Å²) in [5.74, 6) is -0.0791. The minimum absolute atomic E-state index is 0.273. The summed E-state index contributed by atoms with van der Waals surface area (Å²) < 4.78 is 5.94. The third kappa shape index (κ3) is 4.97. The Morgan fingerprint density at radius 1 is 0.806 bits per heavy atom. The summed E-state index contributed by atoms with van der Waals surface area (Å²) >= 11 is 0. The molecule has 0 aliphatic carbocycles. The number of urea groups is 1. The predicted molar refractivity (Wildman–Crippen MR) is 119 cm³/mol. The molecule has 0 aliphatic heterocycles. The number of nitrogens with zero attached hydrogens (tertiary/aromatic N) is 1. The van der Waals surface area contributed by atoms with Crippen LogP contribution in [0, 0.1) is 0 Å². The van der Waals surface area contributed by atoms with Crippen molar-refractivity contribution in [3.05, 3.63) is 102 Å². The monoisotopic (exact) mass is 412 g/mol. The van der Waals surface area contributed by atoms with E-state index in [0.29, 0.717) is 17.0 Å². The summed E-state index contributed by atoms with van der Waals surface area (Å²) in [5.41, 5.74) is 7.49. The number of fused-ring (bicyclic) bond motifs is 1. The molecule has 0 spiro atoms. The van der Waals surface area contributed by atoms with E-state index in [4.69, 9.17) is 4.74 Å². The molecule has 1 aromatic heterocycles. The zero-order valence-corrected chi connectivity index (χ0v) is 16.5. The highest BCUT2D eigenvalue weighted by Crippen LogP contribution is 2.22. The molecule has 0 saturated heterocycles. The molecule has 0 aliphatic rings. The second-order valence-electron chi connectivity index (χ2n) is 6.67. The maximum Gasteiger partial charge on any atom is 0.337 e. The first-order chi connectivity index (χ1) is 15.2. The van der Waals surface area contributed by atoms with E-state index in [1.54, 1.807) is 54.7 Å². The lowest BCUT2D eigenvalue weighted by Crippen LogP contribution is -2.44. The molecule has 154 valence electrons. The third-order valence-electron chi connectivity index (χ3n) is 4.58. The average Bonchev–Trinajstić information content (AvgIpc) is 2.82. The molecule has 7 heteroatoms. The van der Waals surface area contributed by atoms with E-state index in [1.165, 1.54) is 0 Å². The molecule has 4 aromatic rings. The number of hydrogen-bond donors (Lipinski definition) is 3. The van der Waals surface area contributed by atoms with E-state index in [1.807, 2.05) is 36.4 Å². The van der Waals surface area contributed by atoms with E-state index in [2.05, 4.69) is 21.2 Å². The standard InChI is InChI=1S/C24H20N4O3/c29-23(27-28-24(30)26-18-8-2-1-3-9-18)20-11-5-7-13-22(20)31-16-17-14-15-25-21-12-6-4-10-19(17)21/h1-15H,16H2,(H,27,29)(H2,26,28,30). The Balaban J connectivity index is 1.40. The van der Waals surface area contributed by atoms with Crippen molar-refractivity contribution < 1.29 is 14.3 Å². The molecule has 3 aromatic carbocycles. The van der Waals surface area contributed by atoms with Gasteiger partial charge in [-0.05, 0) is 36.4 Å². The van der Waals surface area contributed by atoms with E-state index >= 15 is 0 Å². The lowest BCUT2D eigenvalue weighted by molar-refractivity contribution is 0.0933. The number of pyridine rings is 1. The van der Waals surface area contributed by atoms with Crippen LogP contribution in [-0.2, 0) is 6.61 Å². The highest BCUT2D eigenvalue weighted by Gasteiger charge is 2.14. The second kappa shape index (κ2) is 9.41. The lowest BCUT2D eigenvalue weighted by Gasteiger charge is -2.13. The maximum absolute atomic E-state index is 12.6. The first-order valence-corrected chi connectivity index (χ1v) is 9.67. The SMILES string of the molecule is O=C(NNC(=O)c1ccccc1OCc1ccnc2ccccc12)Nc1ccccc1. The molecule has 3 amide bonds. The number of hydrogen-bond acceptors (Lipinski definition) is 4. The summed E-state index contributed by atoms with van der Waals surface area (Å²) in [7, 11) is 0. The molecule has 0 bridgehead atoms. The predicted octanol–water partition coefficient (Wildman–Crippen LogP) is 4.28. The van der Waals surface area contributed by atoms with Gasteiger partial charge in [0.15, 0.2) is 0 Å². The van der Waals surface area contributed by atoms with Gasteiger partial charge in [0.05, 0.1) is 11.1 Å². The topological polar surface area (TPSA) is 92.4 Å². The van der Waals surface area contributed by atoms with E-state index in [0.717, 1.165) is 16.5 Å². The molecular weight excluding hydrogens is 392 g/mol. The number of amides is 3. The zero-order valence-electron chi connectivity index (χ0n) is 16.5. The Morgan fingerprint density at radius 3 is 2.42 bits per heavy atom. The number of ether oxygens (including phenoxy) is 1. The van der Waals surface area contributed by atoms with Gasteiger partial charge in [0, 0.05) is 22.8 Å². The van der Waals surface area contributed by atoms with E-state index in [9.17, 15) is 9.59 Å². The van der Waals surface area contributed by atoms with E-state index < -0.39 is 11.9 Å². The number of benzene rings is 3. The van der Waals surface area contributed by atoms with E-state index in [-0.39, 0.29) is 6.61 Å². The summed E-state index contributed by atoms with van der Waals surface area (Å²) in [6.45, 7) is 0.273. The van der Waals surface area contributed by atoms with Gasteiger partial charge in [0.1, 0.15) is 12.4 Å². The maximum atomic E-state index is 12.6. The van der Waals surface area contributed by atoms with Crippen molar-refractivity contribution in [1.82, 2.24) is 15.8 Å². The molecule has 0 fully saturated rings. The summed E-state index contributed by atoms with van der Waals surface area (Å²) in [4.78, 5) is 28.9. The van der Waals surface area contributed by atoms with Crippen LogP contribution in [0.3, 0.4) is 0 Å². The Morgan fingerprint density at radius 2 is 1.55 bits per heavy atom. The van der Waals surface area contributed by atoms with Crippen LogP contribution >= 0.6 is 0 Å². The first-order valence-electron chi connectivity index (χ1n) is 9.67. The molecule has 31 heavy (non-hydrogen) atoms. The minimum Gasteiger partial charge on any atom is -0.488 e. The molecular formula is C24H20N4O3. The summed E-state index contributed by atoms with van der Waals surface area (Å²) in [6.07, 6.45) is 1.73. The molecule has 0 atom stereocenters. The van der Waals surface area contributed by atoms with Crippen molar-refractivity contribution in [2.45, 2.75) is 6.61 Å². The second-order valence-corrected chi connectivity index (χ2v) is 6.67. The molecule has 3 N–H and O–H groups in total. The summed E-state index contributed by atoms with van der Waals surface area (Å²) in [6, 6.07) is 24.9. The third-order valence-corrected chi connectivity index (χ3v) is 4.58. The Bertz CT molecular complexity index is 1210. The van der Waals surface area contributed by atoms with Gasteiger partial charge >= 0.3 is 6.03 Å². The van der Waals surface area contributed by atoms with Crippen LogP contribution in [0.15, 0.2) is 91.1 Å². The van der Waals surface area contributed by atoms with Gasteiger partial charge in [-0.15, -0.1) is 0 Å². The zero-order chi connectivity index (χ0) is 21.5.